The predicted octanol–water partition coefficient (Wildman–Crippen LogP) is 4.27. The van der Waals surface area contributed by atoms with Gasteiger partial charge in [0.15, 0.2) is 0 Å². The second-order valence-corrected chi connectivity index (χ2v) is 6.64. The van der Waals surface area contributed by atoms with Crippen LogP contribution in [0.25, 0.3) is 0 Å². The Hall–Kier alpha value is -2.14. The van der Waals surface area contributed by atoms with Gasteiger partial charge in [-0.15, -0.1) is 0 Å². The van der Waals surface area contributed by atoms with Crippen LogP contribution in [0.4, 0.5) is 11.5 Å². The zero-order valence-electron chi connectivity index (χ0n) is 14.5. The SMILES string of the molecule is Cc1nc(Nc2ccc(Cl)cc2C)cc(C(=O)NCCC(C)C)n1. The van der Waals surface area contributed by atoms with Gasteiger partial charge in [0.25, 0.3) is 5.91 Å². The third-order valence-corrected chi connectivity index (χ3v) is 3.76. The fourth-order valence-electron chi connectivity index (χ4n) is 2.22. The number of anilines is 2. The number of aryl methyl sites for hydroxylation is 2. The van der Waals surface area contributed by atoms with Crippen molar-refractivity contribution in [2.75, 3.05) is 11.9 Å². The second-order valence-electron chi connectivity index (χ2n) is 6.21. The standard InChI is InChI=1S/C18H23ClN4O/c1-11(2)7-8-20-18(24)16-10-17(22-13(4)21-16)23-15-6-5-14(19)9-12(15)3/h5-6,9-11H,7-8H2,1-4H3,(H,20,24)(H,21,22,23). The summed E-state index contributed by atoms with van der Waals surface area (Å²) in [7, 11) is 0. The molecule has 0 bridgehead atoms. The van der Waals surface area contributed by atoms with Crippen molar-refractivity contribution in [1.82, 2.24) is 15.3 Å². The van der Waals surface area contributed by atoms with E-state index in [1.165, 1.54) is 0 Å². The minimum absolute atomic E-state index is 0.183. The van der Waals surface area contributed by atoms with E-state index >= 15 is 0 Å². The summed E-state index contributed by atoms with van der Waals surface area (Å²) >= 11 is 5.98. The van der Waals surface area contributed by atoms with Gasteiger partial charge in [-0.3, -0.25) is 4.79 Å². The maximum absolute atomic E-state index is 12.2. The number of nitrogens with zero attached hydrogens (tertiary/aromatic N) is 2. The van der Waals surface area contributed by atoms with Crippen molar-refractivity contribution in [2.45, 2.75) is 34.1 Å². The summed E-state index contributed by atoms with van der Waals surface area (Å²) < 4.78 is 0. The number of amides is 1. The first-order chi connectivity index (χ1) is 11.3. The highest BCUT2D eigenvalue weighted by molar-refractivity contribution is 6.30. The van der Waals surface area contributed by atoms with Gasteiger partial charge in [0.2, 0.25) is 0 Å². The molecule has 0 radical (unpaired) electrons. The summed E-state index contributed by atoms with van der Waals surface area (Å²) in [6.07, 6.45) is 0.935. The van der Waals surface area contributed by atoms with E-state index in [1.807, 2.05) is 25.1 Å². The summed E-state index contributed by atoms with van der Waals surface area (Å²) in [5, 5.41) is 6.80. The van der Waals surface area contributed by atoms with Gasteiger partial charge in [-0.05, 0) is 49.9 Å². The minimum Gasteiger partial charge on any atom is -0.351 e. The summed E-state index contributed by atoms with van der Waals surface area (Å²) in [4.78, 5) is 20.8. The Balaban J connectivity index is 2.14. The molecule has 128 valence electrons. The second kappa shape index (κ2) is 8.11. The molecule has 2 aromatic rings. The molecular weight excluding hydrogens is 324 g/mol. The molecule has 0 spiro atoms. The molecule has 1 heterocycles. The van der Waals surface area contributed by atoms with E-state index in [0.29, 0.717) is 34.8 Å². The number of halogens is 1. The van der Waals surface area contributed by atoms with Gasteiger partial charge in [-0.25, -0.2) is 9.97 Å². The monoisotopic (exact) mass is 346 g/mol. The maximum atomic E-state index is 12.2. The Morgan fingerprint density at radius 2 is 1.96 bits per heavy atom. The van der Waals surface area contributed by atoms with Crippen molar-refractivity contribution in [3.63, 3.8) is 0 Å². The van der Waals surface area contributed by atoms with Crippen LogP contribution < -0.4 is 10.6 Å². The van der Waals surface area contributed by atoms with Crippen molar-refractivity contribution >= 4 is 29.0 Å². The van der Waals surface area contributed by atoms with Gasteiger partial charge in [-0.2, -0.15) is 0 Å². The van der Waals surface area contributed by atoms with Gasteiger partial charge < -0.3 is 10.6 Å². The van der Waals surface area contributed by atoms with Gasteiger partial charge in [0.1, 0.15) is 17.3 Å². The molecule has 0 atom stereocenters. The molecule has 1 aromatic heterocycles. The summed E-state index contributed by atoms with van der Waals surface area (Å²) in [5.74, 6) is 1.49. The summed E-state index contributed by atoms with van der Waals surface area (Å²) in [6.45, 7) is 8.61. The smallest absolute Gasteiger partial charge is 0.270 e. The molecule has 0 saturated heterocycles. The first-order valence-corrected chi connectivity index (χ1v) is 8.40. The van der Waals surface area contributed by atoms with Crippen LogP contribution in [0.15, 0.2) is 24.3 Å². The molecular formula is C18H23ClN4O. The van der Waals surface area contributed by atoms with Gasteiger partial charge in [0, 0.05) is 23.3 Å². The number of aromatic nitrogens is 2. The van der Waals surface area contributed by atoms with E-state index in [2.05, 4.69) is 34.4 Å². The highest BCUT2D eigenvalue weighted by Gasteiger charge is 2.11. The van der Waals surface area contributed by atoms with E-state index in [0.717, 1.165) is 17.7 Å². The molecule has 0 fully saturated rings. The lowest BCUT2D eigenvalue weighted by atomic mass is 10.1. The van der Waals surface area contributed by atoms with Crippen LogP contribution in [0.2, 0.25) is 5.02 Å². The third kappa shape index (κ3) is 5.20. The van der Waals surface area contributed by atoms with Gasteiger partial charge in [0.05, 0.1) is 0 Å². The molecule has 24 heavy (non-hydrogen) atoms. The van der Waals surface area contributed by atoms with Gasteiger partial charge in [-0.1, -0.05) is 25.4 Å². The van der Waals surface area contributed by atoms with Crippen LogP contribution in [-0.2, 0) is 0 Å². The van der Waals surface area contributed by atoms with Crippen LogP contribution in [-0.4, -0.2) is 22.4 Å². The van der Waals surface area contributed by atoms with E-state index in [1.54, 1.807) is 13.0 Å². The van der Waals surface area contributed by atoms with Crippen molar-refractivity contribution < 1.29 is 4.79 Å². The first kappa shape index (κ1) is 18.2. The Labute approximate surface area is 147 Å². The molecule has 2 rings (SSSR count). The molecule has 0 aliphatic rings. The summed E-state index contributed by atoms with van der Waals surface area (Å²) in [6, 6.07) is 7.23. The first-order valence-electron chi connectivity index (χ1n) is 8.02. The quantitative estimate of drug-likeness (QED) is 0.819. The van der Waals surface area contributed by atoms with E-state index in [-0.39, 0.29) is 5.91 Å². The Bertz CT molecular complexity index is 731. The van der Waals surface area contributed by atoms with E-state index in [9.17, 15) is 4.79 Å². The Kier molecular flexibility index (Phi) is 6.15. The number of carbonyl (C=O) groups is 1. The average molecular weight is 347 g/mol. The largest absolute Gasteiger partial charge is 0.351 e. The summed E-state index contributed by atoms with van der Waals surface area (Å²) in [5.41, 5.74) is 2.26. The molecule has 1 amide bonds. The minimum atomic E-state index is -0.183. The fourth-order valence-corrected chi connectivity index (χ4v) is 2.44. The van der Waals surface area contributed by atoms with Gasteiger partial charge >= 0.3 is 0 Å². The molecule has 0 unspecified atom stereocenters. The lowest BCUT2D eigenvalue weighted by Gasteiger charge is -2.11. The van der Waals surface area contributed by atoms with E-state index in [4.69, 9.17) is 11.6 Å². The Morgan fingerprint density at radius 3 is 2.62 bits per heavy atom. The van der Waals surface area contributed by atoms with Crippen LogP contribution in [0.1, 0.15) is 42.1 Å². The molecule has 5 nitrogen and oxygen atoms in total. The predicted molar refractivity (Wildman–Crippen MR) is 98.0 cm³/mol. The van der Waals surface area contributed by atoms with Crippen molar-refractivity contribution in [3.8, 4) is 0 Å². The number of rotatable bonds is 6. The van der Waals surface area contributed by atoms with Crippen molar-refractivity contribution in [3.05, 3.63) is 46.4 Å². The maximum Gasteiger partial charge on any atom is 0.270 e. The molecule has 0 aliphatic heterocycles. The molecule has 0 aliphatic carbocycles. The number of hydrogen-bond donors (Lipinski definition) is 2. The van der Waals surface area contributed by atoms with E-state index < -0.39 is 0 Å². The zero-order chi connectivity index (χ0) is 17.7. The lowest BCUT2D eigenvalue weighted by molar-refractivity contribution is 0.0946. The average Bonchev–Trinajstić information content (AvgIpc) is 2.49. The topological polar surface area (TPSA) is 66.9 Å². The normalized spacial score (nSPS) is 10.8. The Morgan fingerprint density at radius 1 is 1.21 bits per heavy atom. The number of benzene rings is 1. The fraction of sp³-hybridized carbons (Fsp3) is 0.389. The molecule has 1 aromatic carbocycles. The zero-order valence-corrected chi connectivity index (χ0v) is 15.2. The van der Waals surface area contributed by atoms with Crippen molar-refractivity contribution in [1.29, 1.82) is 0 Å². The van der Waals surface area contributed by atoms with Crippen LogP contribution in [0.5, 0.6) is 0 Å². The molecule has 6 heteroatoms. The molecule has 0 saturated carbocycles. The van der Waals surface area contributed by atoms with Crippen LogP contribution in [0, 0.1) is 19.8 Å². The van der Waals surface area contributed by atoms with Crippen LogP contribution in [0.3, 0.4) is 0 Å². The third-order valence-electron chi connectivity index (χ3n) is 3.53. The lowest BCUT2D eigenvalue weighted by Crippen LogP contribution is -2.26. The molecule has 2 N–H and O–H groups in total. The van der Waals surface area contributed by atoms with Crippen molar-refractivity contribution in [2.24, 2.45) is 5.92 Å². The number of hydrogen-bond acceptors (Lipinski definition) is 4. The van der Waals surface area contributed by atoms with Crippen LogP contribution >= 0.6 is 11.6 Å². The highest BCUT2D eigenvalue weighted by Crippen LogP contribution is 2.23. The highest BCUT2D eigenvalue weighted by atomic mass is 35.5. The number of nitrogens with one attached hydrogen (secondary N) is 2. The number of carbonyl (C=O) groups excluding carboxylic acids is 1.